The molecule has 3 rings (SSSR count). The van der Waals surface area contributed by atoms with Crippen molar-refractivity contribution in [3.05, 3.63) is 58.7 Å². The molecule has 2 aromatic heterocycles. The van der Waals surface area contributed by atoms with E-state index >= 15 is 0 Å². The summed E-state index contributed by atoms with van der Waals surface area (Å²) in [6.07, 6.45) is 1.74. The quantitative estimate of drug-likeness (QED) is 0.795. The topological polar surface area (TPSA) is 42.2 Å². The van der Waals surface area contributed by atoms with Gasteiger partial charge < -0.3 is 5.32 Å². The van der Waals surface area contributed by atoms with E-state index in [0.29, 0.717) is 11.0 Å². The number of rotatable bonds is 3. The molecule has 0 aliphatic heterocycles. The van der Waals surface area contributed by atoms with Crippen LogP contribution in [0, 0.1) is 6.92 Å². The maximum Gasteiger partial charge on any atom is 0.243 e. The number of aryl methyl sites for hydroxylation is 1. The molecule has 102 valence electrons. The summed E-state index contributed by atoms with van der Waals surface area (Å²) in [7, 11) is 0. The van der Waals surface area contributed by atoms with Crippen LogP contribution in [0.15, 0.2) is 42.6 Å². The molecule has 1 atom stereocenters. The van der Waals surface area contributed by atoms with E-state index in [1.54, 1.807) is 16.8 Å². The number of halogens is 1. The van der Waals surface area contributed by atoms with Gasteiger partial charge in [-0.3, -0.25) is 0 Å². The van der Waals surface area contributed by atoms with E-state index in [-0.39, 0.29) is 6.04 Å². The normalized spacial score (nSPS) is 12.6. The number of nitrogens with zero attached hydrogens (tertiary/aromatic N) is 3. The zero-order valence-electron chi connectivity index (χ0n) is 11.3. The Kier molecular flexibility index (Phi) is 3.32. The standard InChI is InChI=1S/C15H15ClN4/c1-10-5-3-4-6-13(10)11(2)17-15-18-14-8-7-12(16)9-20(14)19-15/h3-9,11H,1-2H3,(H,17,19). The highest BCUT2D eigenvalue weighted by Crippen LogP contribution is 2.21. The summed E-state index contributed by atoms with van der Waals surface area (Å²) >= 11 is 5.94. The molecule has 0 fully saturated rings. The molecular weight excluding hydrogens is 272 g/mol. The highest BCUT2D eigenvalue weighted by molar-refractivity contribution is 6.30. The highest BCUT2D eigenvalue weighted by atomic mass is 35.5. The summed E-state index contributed by atoms with van der Waals surface area (Å²) in [6, 6.07) is 12.1. The van der Waals surface area contributed by atoms with Gasteiger partial charge in [0.25, 0.3) is 0 Å². The van der Waals surface area contributed by atoms with Crippen LogP contribution in [0.1, 0.15) is 24.1 Å². The lowest BCUT2D eigenvalue weighted by Crippen LogP contribution is -2.09. The molecule has 0 saturated heterocycles. The van der Waals surface area contributed by atoms with Crippen molar-refractivity contribution >= 4 is 23.2 Å². The van der Waals surface area contributed by atoms with Crippen LogP contribution in [0.4, 0.5) is 5.95 Å². The molecule has 1 unspecified atom stereocenters. The lowest BCUT2D eigenvalue weighted by molar-refractivity contribution is 0.845. The molecule has 0 aliphatic rings. The zero-order chi connectivity index (χ0) is 14.1. The van der Waals surface area contributed by atoms with Gasteiger partial charge in [-0.15, -0.1) is 5.10 Å². The number of anilines is 1. The van der Waals surface area contributed by atoms with Crippen LogP contribution in [-0.2, 0) is 0 Å². The lowest BCUT2D eigenvalue weighted by atomic mass is 10.0. The van der Waals surface area contributed by atoms with Gasteiger partial charge in [0.05, 0.1) is 11.1 Å². The Labute approximate surface area is 122 Å². The Morgan fingerprint density at radius 2 is 2.00 bits per heavy atom. The lowest BCUT2D eigenvalue weighted by Gasteiger charge is -2.14. The monoisotopic (exact) mass is 286 g/mol. The van der Waals surface area contributed by atoms with Crippen LogP contribution in [0.2, 0.25) is 5.02 Å². The second-order valence-corrected chi connectivity index (χ2v) is 5.24. The van der Waals surface area contributed by atoms with Crippen molar-refractivity contribution in [2.24, 2.45) is 0 Å². The minimum Gasteiger partial charge on any atom is -0.346 e. The molecule has 4 nitrogen and oxygen atoms in total. The summed E-state index contributed by atoms with van der Waals surface area (Å²) in [5.74, 6) is 0.600. The fraction of sp³-hybridized carbons (Fsp3) is 0.200. The Bertz CT molecular complexity index is 750. The van der Waals surface area contributed by atoms with E-state index in [9.17, 15) is 0 Å². The summed E-state index contributed by atoms with van der Waals surface area (Å²) in [5, 5.41) is 8.34. The fourth-order valence-corrected chi connectivity index (χ4v) is 2.42. The van der Waals surface area contributed by atoms with Crippen molar-refractivity contribution in [3.8, 4) is 0 Å². The Morgan fingerprint density at radius 1 is 1.20 bits per heavy atom. The van der Waals surface area contributed by atoms with Crippen LogP contribution in [0.5, 0.6) is 0 Å². The number of fused-ring (bicyclic) bond motifs is 1. The van der Waals surface area contributed by atoms with E-state index in [0.717, 1.165) is 5.65 Å². The SMILES string of the molecule is Cc1ccccc1C(C)Nc1nc2ccc(Cl)cn2n1. The van der Waals surface area contributed by atoms with Crippen LogP contribution >= 0.6 is 11.6 Å². The maximum absolute atomic E-state index is 5.94. The minimum atomic E-state index is 0.143. The van der Waals surface area contributed by atoms with Gasteiger partial charge in [-0.1, -0.05) is 35.9 Å². The molecule has 0 spiro atoms. The van der Waals surface area contributed by atoms with Crippen LogP contribution in [-0.4, -0.2) is 14.6 Å². The molecular formula is C15H15ClN4. The van der Waals surface area contributed by atoms with Crippen LogP contribution in [0.3, 0.4) is 0 Å². The molecule has 1 N–H and O–H groups in total. The molecule has 2 heterocycles. The Balaban J connectivity index is 1.87. The van der Waals surface area contributed by atoms with Crippen molar-refractivity contribution in [3.63, 3.8) is 0 Å². The smallest absolute Gasteiger partial charge is 0.243 e. The first-order valence-electron chi connectivity index (χ1n) is 6.47. The van der Waals surface area contributed by atoms with Gasteiger partial charge in [0.2, 0.25) is 5.95 Å². The molecule has 1 aromatic carbocycles. The van der Waals surface area contributed by atoms with Gasteiger partial charge in [0.15, 0.2) is 5.65 Å². The van der Waals surface area contributed by atoms with Crippen molar-refractivity contribution in [2.75, 3.05) is 5.32 Å². The first-order chi connectivity index (χ1) is 9.63. The molecule has 0 radical (unpaired) electrons. The number of benzene rings is 1. The van der Waals surface area contributed by atoms with E-state index in [1.807, 2.05) is 18.2 Å². The molecule has 0 saturated carbocycles. The first kappa shape index (κ1) is 12.9. The van der Waals surface area contributed by atoms with Crippen LogP contribution < -0.4 is 5.32 Å². The van der Waals surface area contributed by atoms with Gasteiger partial charge in [0, 0.05) is 6.20 Å². The largest absolute Gasteiger partial charge is 0.346 e. The van der Waals surface area contributed by atoms with Gasteiger partial charge in [-0.05, 0) is 37.1 Å². The van der Waals surface area contributed by atoms with E-state index in [4.69, 9.17) is 11.6 Å². The van der Waals surface area contributed by atoms with Crippen molar-refractivity contribution in [1.82, 2.24) is 14.6 Å². The molecule has 0 aliphatic carbocycles. The number of hydrogen-bond donors (Lipinski definition) is 1. The molecule has 20 heavy (non-hydrogen) atoms. The minimum absolute atomic E-state index is 0.143. The van der Waals surface area contributed by atoms with Gasteiger partial charge in [-0.25, -0.2) is 4.52 Å². The Morgan fingerprint density at radius 3 is 2.80 bits per heavy atom. The van der Waals surface area contributed by atoms with E-state index in [1.165, 1.54) is 11.1 Å². The van der Waals surface area contributed by atoms with Crippen molar-refractivity contribution < 1.29 is 0 Å². The molecule has 3 aromatic rings. The molecule has 0 bridgehead atoms. The Hall–Kier alpha value is -2.07. The van der Waals surface area contributed by atoms with Crippen molar-refractivity contribution in [1.29, 1.82) is 0 Å². The summed E-state index contributed by atoms with van der Waals surface area (Å²) < 4.78 is 1.68. The zero-order valence-corrected chi connectivity index (χ0v) is 12.1. The average molecular weight is 287 g/mol. The molecule has 5 heteroatoms. The number of aromatic nitrogens is 3. The maximum atomic E-state index is 5.94. The third-order valence-corrected chi connectivity index (χ3v) is 3.52. The molecule has 0 amide bonds. The third-order valence-electron chi connectivity index (χ3n) is 3.30. The number of nitrogens with one attached hydrogen (secondary N) is 1. The van der Waals surface area contributed by atoms with E-state index < -0.39 is 0 Å². The number of pyridine rings is 1. The number of hydrogen-bond acceptors (Lipinski definition) is 3. The summed E-state index contributed by atoms with van der Waals surface area (Å²) in [6.45, 7) is 4.20. The predicted octanol–water partition coefficient (Wildman–Crippen LogP) is 3.86. The van der Waals surface area contributed by atoms with E-state index in [2.05, 4.69) is 41.4 Å². The summed E-state index contributed by atoms with van der Waals surface area (Å²) in [5.41, 5.74) is 3.26. The fourth-order valence-electron chi connectivity index (χ4n) is 2.26. The average Bonchev–Trinajstić information content (AvgIpc) is 2.80. The second kappa shape index (κ2) is 5.13. The summed E-state index contributed by atoms with van der Waals surface area (Å²) in [4.78, 5) is 4.43. The highest BCUT2D eigenvalue weighted by Gasteiger charge is 2.11. The van der Waals surface area contributed by atoms with Gasteiger partial charge in [-0.2, -0.15) is 4.98 Å². The first-order valence-corrected chi connectivity index (χ1v) is 6.85. The predicted molar refractivity (Wildman–Crippen MR) is 81.2 cm³/mol. The third kappa shape index (κ3) is 2.47. The van der Waals surface area contributed by atoms with Crippen LogP contribution in [0.25, 0.3) is 5.65 Å². The second-order valence-electron chi connectivity index (χ2n) is 4.81. The van der Waals surface area contributed by atoms with Gasteiger partial charge in [0.1, 0.15) is 0 Å². The van der Waals surface area contributed by atoms with Gasteiger partial charge >= 0.3 is 0 Å². The van der Waals surface area contributed by atoms with Crippen molar-refractivity contribution in [2.45, 2.75) is 19.9 Å².